The summed E-state index contributed by atoms with van der Waals surface area (Å²) in [4.78, 5) is 12.5. The van der Waals surface area contributed by atoms with Crippen LogP contribution in [0.2, 0.25) is 0 Å². The van der Waals surface area contributed by atoms with Crippen molar-refractivity contribution in [1.29, 1.82) is 0 Å². The molecule has 0 bridgehead atoms. The predicted octanol–water partition coefficient (Wildman–Crippen LogP) is 1.38. The summed E-state index contributed by atoms with van der Waals surface area (Å²) >= 11 is 0. The molecule has 20 heavy (non-hydrogen) atoms. The standard InChI is InChI=1S/C12H20F3NO4/c1-19-6-2-7-20-8-5-16-4-3-11(9-16,10(17)18)12(13,14)15/h2-9H2,1H3,(H,17,18). The molecular formula is C12H20F3NO4. The number of halogens is 3. The number of hydrogen-bond acceptors (Lipinski definition) is 4. The molecule has 0 aromatic carbocycles. The molecule has 5 nitrogen and oxygen atoms in total. The third kappa shape index (κ3) is 4.07. The van der Waals surface area contributed by atoms with Gasteiger partial charge in [0.2, 0.25) is 0 Å². The Hall–Kier alpha value is -0.860. The van der Waals surface area contributed by atoms with Crippen molar-refractivity contribution in [3.8, 4) is 0 Å². The average molecular weight is 299 g/mol. The highest BCUT2D eigenvalue weighted by atomic mass is 19.4. The molecule has 1 N–H and O–H groups in total. The highest BCUT2D eigenvalue weighted by Gasteiger charge is 2.63. The molecule has 1 unspecified atom stereocenters. The maximum atomic E-state index is 12.9. The van der Waals surface area contributed by atoms with Crippen LogP contribution in [0, 0.1) is 5.41 Å². The van der Waals surface area contributed by atoms with E-state index in [9.17, 15) is 18.0 Å². The lowest BCUT2D eigenvalue weighted by molar-refractivity contribution is -0.227. The first-order valence-electron chi connectivity index (χ1n) is 6.42. The molecule has 1 fully saturated rings. The van der Waals surface area contributed by atoms with E-state index in [2.05, 4.69) is 0 Å². The number of ether oxygens (including phenoxy) is 2. The van der Waals surface area contributed by atoms with Gasteiger partial charge in [0.15, 0.2) is 5.41 Å². The van der Waals surface area contributed by atoms with Crippen molar-refractivity contribution in [2.45, 2.75) is 19.0 Å². The van der Waals surface area contributed by atoms with Crippen LogP contribution in [0.15, 0.2) is 0 Å². The van der Waals surface area contributed by atoms with Crippen LogP contribution in [0.25, 0.3) is 0 Å². The molecule has 118 valence electrons. The molecule has 0 saturated carbocycles. The second-order valence-corrected chi connectivity index (χ2v) is 4.87. The topological polar surface area (TPSA) is 59.0 Å². The molecular weight excluding hydrogens is 279 g/mol. The first kappa shape index (κ1) is 17.2. The second-order valence-electron chi connectivity index (χ2n) is 4.87. The smallest absolute Gasteiger partial charge is 0.406 e. The lowest BCUT2D eigenvalue weighted by Gasteiger charge is -2.27. The van der Waals surface area contributed by atoms with Gasteiger partial charge in [0.05, 0.1) is 6.61 Å². The van der Waals surface area contributed by atoms with Crippen molar-refractivity contribution in [1.82, 2.24) is 4.90 Å². The molecule has 8 heteroatoms. The van der Waals surface area contributed by atoms with E-state index in [4.69, 9.17) is 14.6 Å². The Labute approximate surface area is 115 Å². The van der Waals surface area contributed by atoms with Gasteiger partial charge in [-0.3, -0.25) is 9.69 Å². The minimum Gasteiger partial charge on any atom is -0.481 e. The Kier molecular flexibility index (Phi) is 6.22. The van der Waals surface area contributed by atoms with Crippen LogP contribution in [0.1, 0.15) is 12.8 Å². The Morgan fingerprint density at radius 2 is 2.05 bits per heavy atom. The van der Waals surface area contributed by atoms with Crippen molar-refractivity contribution in [2.75, 3.05) is 46.6 Å². The molecule has 0 aromatic heterocycles. The molecule has 1 saturated heterocycles. The summed E-state index contributed by atoms with van der Waals surface area (Å²) in [7, 11) is 1.58. The summed E-state index contributed by atoms with van der Waals surface area (Å²) in [5.74, 6) is -1.80. The Bertz CT molecular complexity index is 324. The van der Waals surface area contributed by atoms with Crippen molar-refractivity contribution in [3.05, 3.63) is 0 Å². The number of carboxylic acid groups (broad SMARTS) is 1. The van der Waals surface area contributed by atoms with Crippen molar-refractivity contribution >= 4 is 5.97 Å². The van der Waals surface area contributed by atoms with Crippen molar-refractivity contribution < 1.29 is 32.5 Å². The zero-order chi connectivity index (χ0) is 15.2. The first-order chi connectivity index (χ1) is 9.33. The number of carboxylic acids is 1. The summed E-state index contributed by atoms with van der Waals surface area (Å²) in [5.41, 5.74) is -2.64. The fraction of sp³-hybridized carbons (Fsp3) is 0.917. The van der Waals surface area contributed by atoms with E-state index in [1.165, 1.54) is 4.90 Å². The van der Waals surface area contributed by atoms with Crippen molar-refractivity contribution in [2.24, 2.45) is 5.41 Å². The fourth-order valence-corrected chi connectivity index (χ4v) is 2.21. The SMILES string of the molecule is COCCCOCCN1CCC(C(=O)O)(C(F)(F)F)C1. The molecule has 0 radical (unpaired) electrons. The Morgan fingerprint density at radius 3 is 2.55 bits per heavy atom. The number of hydrogen-bond donors (Lipinski definition) is 1. The Balaban J connectivity index is 2.36. The second kappa shape index (κ2) is 7.24. The predicted molar refractivity (Wildman–Crippen MR) is 64.5 cm³/mol. The molecule has 0 aromatic rings. The van der Waals surface area contributed by atoms with Crippen LogP contribution in [0.5, 0.6) is 0 Å². The monoisotopic (exact) mass is 299 g/mol. The van der Waals surface area contributed by atoms with E-state index in [1.807, 2.05) is 0 Å². The number of nitrogens with zero attached hydrogens (tertiary/aromatic N) is 1. The molecule has 0 spiro atoms. The van der Waals surface area contributed by atoms with Gasteiger partial charge in [-0.15, -0.1) is 0 Å². The number of methoxy groups -OCH3 is 1. The number of rotatable bonds is 8. The largest absolute Gasteiger partial charge is 0.481 e. The lowest BCUT2D eigenvalue weighted by Crippen LogP contribution is -2.47. The zero-order valence-electron chi connectivity index (χ0n) is 11.4. The van der Waals surface area contributed by atoms with Gasteiger partial charge in [0, 0.05) is 33.4 Å². The third-order valence-electron chi connectivity index (χ3n) is 3.49. The minimum atomic E-state index is -4.73. The van der Waals surface area contributed by atoms with Gasteiger partial charge in [-0.1, -0.05) is 0 Å². The molecule has 1 atom stereocenters. The maximum Gasteiger partial charge on any atom is 0.406 e. The van der Waals surface area contributed by atoms with Gasteiger partial charge in [0.25, 0.3) is 0 Å². The van der Waals surface area contributed by atoms with Crippen LogP contribution in [0.3, 0.4) is 0 Å². The van der Waals surface area contributed by atoms with Crippen molar-refractivity contribution in [3.63, 3.8) is 0 Å². The van der Waals surface area contributed by atoms with Gasteiger partial charge >= 0.3 is 12.1 Å². The van der Waals surface area contributed by atoms with Crippen LogP contribution in [0.4, 0.5) is 13.2 Å². The highest BCUT2D eigenvalue weighted by Crippen LogP contribution is 2.45. The highest BCUT2D eigenvalue weighted by molar-refractivity contribution is 5.76. The van der Waals surface area contributed by atoms with E-state index >= 15 is 0 Å². The fourth-order valence-electron chi connectivity index (χ4n) is 2.21. The van der Waals surface area contributed by atoms with Crippen LogP contribution >= 0.6 is 0 Å². The maximum absolute atomic E-state index is 12.9. The zero-order valence-corrected chi connectivity index (χ0v) is 11.4. The van der Waals surface area contributed by atoms with Gasteiger partial charge in [-0.2, -0.15) is 13.2 Å². The van der Waals surface area contributed by atoms with Crippen LogP contribution in [-0.2, 0) is 14.3 Å². The van der Waals surface area contributed by atoms with Crippen LogP contribution in [-0.4, -0.2) is 68.7 Å². The lowest BCUT2D eigenvalue weighted by atomic mass is 9.86. The summed E-state index contributed by atoms with van der Waals surface area (Å²) in [6.45, 7) is 1.25. The molecule has 1 aliphatic heterocycles. The molecule has 1 heterocycles. The van der Waals surface area contributed by atoms with E-state index in [0.717, 1.165) is 6.42 Å². The van der Waals surface area contributed by atoms with Crippen LogP contribution < -0.4 is 0 Å². The number of alkyl halides is 3. The summed E-state index contributed by atoms with van der Waals surface area (Å²) in [5, 5.41) is 8.89. The normalized spacial score (nSPS) is 24.2. The van der Waals surface area contributed by atoms with Gasteiger partial charge in [0.1, 0.15) is 0 Å². The molecule has 1 aliphatic rings. The quantitative estimate of drug-likeness (QED) is 0.686. The molecule has 0 aliphatic carbocycles. The average Bonchev–Trinajstić information content (AvgIpc) is 2.78. The first-order valence-corrected chi connectivity index (χ1v) is 6.42. The number of likely N-dealkylation sites (tertiary alicyclic amines) is 1. The Morgan fingerprint density at radius 1 is 1.35 bits per heavy atom. The van der Waals surface area contributed by atoms with Gasteiger partial charge in [-0.05, 0) is 19.4 Å². The molecule has 1 rings (SSSR count). The summed E-state index contributed by atoms with van der Waals surface area (Å²) in [6.07, 6.45) is -4.42. The van der Waals surface area contributed by atoms with E-state index in [0.29, 0.717) is 19.8 Å². The third-order valence-corrected chi connectivity index (χ3v) is 3.49. The number of aliphatic carboxylic acids is 1. The van der Waals surface area contributed by atoms with E-state index in [1.54, 1.807) is 7.11 Å². The summed E-state index contributed by atoms with van der Waals surface area (Å²) < 4.78 is 48.8. The van der Waals surface area contributed by atoms with Gasteiger partial charge in [-0.25, -0.2) is 0 Å². The minimum absolute atomic E-state index is 0.118. The molecule has 0 amide bonds. The van der Waals surface area contributed by atoms with Gasteiger partial charge < -0.3 is 14.6 Å². The van der Waals surface area contributed by atoms with E-state index in [-0.39, 0.29) is 13.2 Å². The number of carbonyl (C=O) groups is 1. The van der Waals surface area contributed by atoms with E-state index < -0.39 is 30.5 Å². The summed E-state index contributed by atoms with van der Waals surface area (Å²) in [6, 6.07) is 0.